The summed E-state index contributed by atoms with van der Waals surface area (Å²) in [5, 5.41) is 22.0. The smallest absolute Gasteiger partial charge is 0.251 e. The van der Waals surface area contributed by atoms with Crippen molar-refractivity contribution < 1.29 is 15.0 Å². The molecule has 104 valence electrons. The second-order valence-corrected chi connectivity index (χ2v) is 4.76. The lowest BCUT2D eigenvalue weighted by Crippen LogP contribution is -2.25. The molecule has 4 nitrogen and oxygen atoms in total. The highest BCUT2D eigenvalue weighted by Crippen LogP contribution is 2.21. The topological polar surface area (TPSA) is 69.6 Å². The van der Waals surface area contributed by atoms with Crippen molar-refractivity contribution in [2.24, 2.45) is 0 Å². The number of phenolic OH excluding ortho intramolecular Hbond substituents is 2. The molecule has 0 aromatic heterocycles. The Kier molecular flexibility index (Phi) is 4.48. The summed E-state index contributed by atoms with van der Waals surface area (Å²) >= 11 is 5.74. The summed E-state index contributed by atoms with van der Waals surface area (Å²) in [5.74, 6) is 0.0162. The van der Waals surface area contributed by atoms with Crippen LogP contribution in [0.1, 0.15) is 15.9 Å². The van der Waals surface area contributed by atoms with E-state index in [-0.39, 0.29) is 17.4 Å². The van der Waals surface area contributed by atoms with Gasteiger partial charge in [0.05, 0.1) is 0 Å². The predicted molar refractivity (Wildman–Crippen MR) is 77.3 cm³/mol. The lowest BCUT2D eigenvalue weighted by atomic mass is 10.1. The highest BCUT2D eigenvalue weighted by molar-refractivity contribution is 6.30. The summed E-state index contributed by atoms with van der Waals surface area (Å²) in [6.45, 7) is 0.398. The Morgan fingerprint density at radius 1 is 1.10 bits per heavy atom. The Labute approximate surface area is 121 Å². The molecule has 2 aromatic carbocycles. The van der Waals surface area contributed by atoms with E-state index in [2.05, 4.69) is 5.32 Å². The molecule has 20 heavy (non-hydrogen) atoms. The molecule has 0 aliphatic carbocycles. The van der Waals surface area contributed by atoms with Crippen molar-refractivity contribution in [3.05, 3.63) is 58.6 Å². The zero-order valence-electron chi connectivity index (χ0n) is 10.6. The van der Waals surface area contributed by atoms with Gasteiger partial charge in [-0.2, -0.15) is 0 Å². The first kappa shape index (κ1) is 14.2. The largest absolute Gasteiger partial charge is 0.508 e. The van der Waals surface area contributed by atoms with Crippen LogP contribution < -0.4 is 5.32 Å². The Balaban J connectivity index is 1.89. The number of carbonyl (C=O) groups excluding carboxylic acids is 1. The Morgan fingerprint density at radius 3 is 2.45 bits per heavy atom. The van der Waals surface area contributed by atoms with Gasteiger partial charge in [-0.1, -0.05) is 17.7 Å². The van der Waals surface area contributed by atoms with Crippen molar-refractivity contribution in [2.75, 3.05) is 6.54 Å². The second kappa shape index (κ2) is 6.30. The Hall–Kier alpha value is -2.20. The van der Waals surface area contributed by atoms with Crippen molar-refractivity contribution in [3.63, 3.8) is 0 Å². The SMILES string of the molecule is O=C(NCCc1ccc(Cl)cc1O)c1ccc(O)cc1. The molecule has 5 heteroatoms. The predicted octanol–water partition coefficient (Wildman–Crippen LogP) is 2.72. The molecule has 0 aliphatic rings. The van der Waals surface area contributed by atoms with Crippen LogP contribution in [0.15, 0.2) is 42.5 Å². The number of hydrogen-bond donors (Lipinski definition) is 3. The van der Waals surface area contributed by atoms with Crippen molar-refractivity contribution in [2.45, 2.75) is 6.42 Å². The highest BCUT2D eigenvalue weighted by Gasteiger charge is 2.06. The number of aromatic hydroxyl groups is 2. The number of carbonyl (C=O) groups is 1. The second-order valence-electron chi connectivity index (χ2n) is 4.33. The maximum atomic E-state index is 11.8. The van der Waals surface area contributed by atoms with Crippen LogP contribution >= 0.6 is 11.6 Å². The number of hydrogen-bond acceptors (Lipinski definition) is 3. The minimum atomic E-state index is -0.224. The molecule has 0 aliphatic heterocycles. The maximum absolute atomic E-state index is 11.8. The zero-order chi connectivity index (χ0) is 14.5. The normalized spacial score (nSPS) is 10.2. The van der Waals surface area contributed by atoms with Gasteiger partial charge < -0.3 is 15.5 Å². The first-order valence-corrected chi connectivity index (χ1v) is 6.48. The zero-order valence-corrected chi connectivity index (χ0v) is 11.4. The average molecular weight is 292 g/mol. The molecule has 2 rings (SSSR count). The first-order chi connectivity index (χ1) is 9.56. The summed E-state index contributed by atoms with van der Waals surface area (Å²) in [6, 6.07) is 10.9. The number of rotatable bonds is 4. The molecule has 1 amide bonds. The third-order valence-corrected chi connectivity index (χ3v) is 3.09. The fourth-order valence-corrected chi connectivity index (χ4v) is 1.94. The van der Waals surface area contributed by atoms with Crippen molar-refractivity contribution in [3.8, 4) is 11.5 Å². The third-order valence-electron chi connectivity index (χ3n) is 2.86. The van der Waals surface area contributed by atoms with E-state index in [9.17, 15) is 9.90 Å². The Bertz CT molecular complexity index is 611. The summed E-state index contributed by atoms with van der Waals surface area (Å²) in [4.78, 5) is 11.8. The molecule has 3 N–H and O–H groups in total. The van der Waals surface area contributed by atoms with Gasteiger partial charge >= 0.3 is 0 Å². The number of amides is 1. The average Bonchev–Trinajstić information content (AvgIpc) is 2.42. The highest BCUT2D eigenvalue weighted by atomic mass is 35.5. The molecular weight excluding hydrogens is 278 g/mol. The molecule has 0 radical (unpaired) electrons. The van der Waals surface area contributed by atoms with E-state index < -0.39 is 0 Å². The maximum Gasteiger partial charge on any atom is 0.251 e. The van der Waals surface area contributed by atoms with Gasteiger partial charge in [-0.15, -0.1) is 0 Å². The molecular formula is C15H14ClNO3. The van der Waals surface area contributed by atoms with E-state index in [1.165, 1.54) is 18.2 Å². The van der Waals surface area contributed by atoms with Crippen LogP contribution in [0.3, 0.4) is 0 Å². The monoisotopic (exact) mass is 291 g/mol. The van der Waals surface area contributed by atoms with Gasteiger partial charge in [0.25, 0.3) is 5.91 Å². The standard InChI is InChI=1S/C15H14ClNO3/c16-12-4-1-10(14(19)9-12)7-8-17-15(20)11-2-5-13(18)6-3-11/h1-6,9,18-19H,7-8H2,(H,17,20). The van der Waals surface area contributed by atoms with Crippen LogP contribution in [0, 0.1) is 0 Å². The third kappa shape index (κ3) is 3.65. The first-order valence-electron chi connectivity index (χ1n) is 6.11. The number of nitrogens with one attached hydrogen (secondary N) is 1. The van der Waals surface area contributed by atoms with E-state index in [4.69, 9.17) is 16.7 Å². The molecule has 0 saturated heterocycles. The molecule has 2 aromatic rings. The summed E-state index contributed by atoms with van der Waals surface area (Å²) in [7, 11) is 0. The van der Waals surface area contributed by atoms with Gasteiger partial charge in [0.2, 0.25) is 0 Å². The molecule has 0 heterocycles. The van der Waals surface area contributed by atoms with E-state index in [1.807, 2.05) is 0 Å². The summed E-state index contributed by atoms with van der Waals surface area (Å²) in [6.07, 6.45) is 0.507. The lowest BCUT2D eigenvalue weighted by Gasteiger charge is -2.07. The minimum Gasteiger partial charge on any atom is -0.508 e. The summed E-state index contributed by atoms with van der Waals surface area (Å²) in [5.41, 5.74) is 1.20. The van der Waals surface area contributed by atoms with E-state index in [0.29, 0.717) is 23.6 Å². The van der Waals surface area contributed by atoms with Gasteiger partial charge in [-0.05, 0) is 48.4 Å². The number of benzene rings is 2. The van der Waals surface area contributed by atoms with E-state index >= 15 is 0 Å². The van der Waals surface area contributed by atoms with Gasteiger partial charge in [-0.3, -0.25) is 4.79 Å². The summed E-state index contributed by atoms with van der Waals surface area (Å²) < 4.78 is 0. The van der Waals surface area contributed by atoms with Crippen molar-refractivity contribution in [1.82, 2.24) is 5.32 Å². The van der Waals surface area contributed by atoms with Crippen LogP contribution in [0.25, 0.3) is 0 Å². The fraction of sp³-hybridized carbons (Fsp3) is 0.133. The minimum absolute atomic E-state index is 0.118. The van der Waals surface area contributed by atoms with Crippen LogP contribution in [0.4, 0.5) is 0 Å². The lowest BCUT2D eigenvalue weighted by molar-refractivity contribution is 0.0954. The fourth-order valence-electron chi connectivity index (χ4n) is 1.77. The molecule has 0 unspecified atom stereocenters. The van der Waals surface area contributed by atoms with Gasteiger partial charge in [-0.25, -0.2) is 0 Å². The van der Waals surface area contributed by atoms with E-state index in [0.717, 1.165) is 5.56 Å². The molecule has 0 bridgehead atoms. The quantitative estimate of drug-likeness (QED) is 0.811. The van der Waals surface area contributed by atoms with Gasteiger partial charge in [0, 0.05) is 17.1 Å². The van der Waals surface area contributed by atoms with Crippen molar-refractivity contribution >= 4 is 17.5 Å². The number of halogens is 1. The van der Waals surface area contributed by atoms with Crippen LogP contribution in [0.5, 0.6) is 11.5 Å². The van der Waals surface area contributed by atoms with E-state index in [1.54, 1.807) is 24.3 Å². The molecule has 0 atom stereocenters. The van der Waals surface area contributed by atoms with Crippen LogP contribution in [0.2, 0.25) is 5.02 Å². The molecule has 0 fully saturated rings. The number of phenols is 2. The Morgan fingerprint density at radius 2 is 1.80 bits per heavy atom. The van der Waals surface area contributed by atoms with Crippen LogP contribution in [-0.4, -0.2) is 22.7 Å². The van der Waals surface area contributed by atoms with Gasteiger partial charge in [0.15, 0.2) is 0 Å². The molecule has 0 saturated carbocycles. The van der Waals surface area contributed by atoms with Gasteiger partial charge in [0.1, 0.15) is 11.5 Å². The van der Waals surface area contributed by atoms with Crippen molar-refractivity contribution in [1.29, 1.82) is 0 Å². The molecule has 0 spiro atoms. The van der Waals surface area contributed by atoms with Crippen LogP contribution in [-0.2, 0) is 6.42 Å².